The predicted octanol–water partition coefficient (Wildman–Crippen LogP) is 6.13. The topological polar surface area (TPSA) is 17.8 Å². The maximum Gasteiger partial charge on any atom is 0.141 e. The first-order valence-corrected chi connectivity index (χ1v) is 8.41. The number of hydrogen-bond acceptors (Lipinski definition) is 1. The fourth-order valence-electron chi connectivity index (χ4n) is 3.41. The lowest BCUT2D eigenvalue weighted by molar-refractivity contribution is 0.537. The summed E-state index contributed by atoms with van der Waals surface area (Å²) in [5, 5.41) is 1.47. The first kappa shape index (κ1) is 14.1. The van der Waals surface area contributed by atoms with Crippen molar-refractivity contribution < 1.29 is 0 Å². The molecule has 1 aromatic heterocycles. The number of rotatable bonds is 2. The number of benzene rings is 2. The highest BCUT2D eigenvalue weighted by molar-refractivity contribution is 6.31. The van der Waals surface area contributed by atoms with Gasteiger partial charge in [-0.1, -0.05) is 36.0 Å². The Hall–Kier alpha value is -1.51. The summed E-state index contributed by atoms with van der Waals surface area (Å²) in [5.74, 6) is 1.01. The molecule has 1 aliphatic rings. The first-order chi connectivity index (χ1) is 10.7. The van der Waals surface area contributed by atoms with Crippen molar-refractivity contribution in [1.82, 2.24) is 9.55 Å². The average Bonchev–Trinajstić information content (AvgIpc) is 3.14. The Morgan fingerprint density at radius 1 is 0.909 bits per heavy atom. The molecule has 0 bridgehead atoms. The molecule has 0 unspecified atom stereocenters. The number of fused-ring (bicyclic) bond motifs is 1. The molecule has 0 spiro atoms. The summed E-state index contributed by atoms with van der Waals surface area (Å²) in [4.78, 5) is 4.85. The Morgan fingerprint density at radius 2 is 1.59 bits per heavy atom. The van der Waals surface area contributed by atoms with E-state index in [9.17, 15) is 0 Å². The second-order valence-electron chi connectivity index (χ2n) is 5.88. The van der Waals surface area contributed by atoms with Crippen LogP contribution >= 0.6 is 23.2 Å². The summed E-state index contributed by atoms with van der Waals surface area (Å²) in [7, 11) is 0. The Bertz CT molecular complexity index is 815. The molecular weight excluding hydrogens is 315 g/mol. The maximum absolute atomic E-state index is 6.14. The van der Waals surface area contributed by atoms with Gasteiger partial charge in [0.05, 0.1) is 11.0 Å². The summed E-state index contributed by atoms with van der Waals surface area (Å²) in [5.41, 5.74) is 3.23. The summed E-state index contributed by atoms with van der Waals surface area (Å²) >= 11 is 12.2. The van der Waals surface area contributed by atoms with Crippen LogP contribution in [0.3, 0.4) is 0 Å². The van der Waals surface area contributed by atoms with Crippen molar-refractivity contribution in [3.8, 4) is 11.4 Å². The zero-order chi connectivity index (χ0) is 15.1. The lowest BCUT2D eigenvalue weighted by Gasteiger charge is -2.16. The fourth-order valence-corrected chi connectivity index (χ4v) is 3.70. The van der Waals surface area contributed by atoms with Crippen molar-refractivity contribution in [3.05, 3.63) is 52.5 Å². The van der Waals surface area contributed by atoms with Crippen LogP contribution < -0.4 is 0 Å². The van der Waals surface area contributed by atoms with Crippen LogP contribution in [-0.4, -0.2) is 9.55 Å². The number of halogens is 2. The normalized spacial score (nSPS) is 15.7. The molecule has 2 nitrogen and oxygen atoms in total. The van der Waals surface area contributed by atoms with E-state index < -0.39 is 0 Å². The molecule has 112 valence electrons. The smallest absolute Gasteiger partial charge is 0.141 e. The van der Waals surface area contributed by atoms with Gasteiger partial charge in [0.2, 0.25) is 0 Å². The quantitative estimate of drug-likeness (QED) is 0.553. The second-order valence-corrected chi connectivity index (χ2v) is 6.76. The van der Waals surface area contributed by atoms with Crippen molar-refractivity contribution in [1.29, 1.82) is 0 Å². The molecule has 1 aliphatic carbocycles. The molecule has 4 rings (SSSR count). The van der Waals surface area contributed by atoms with E-state index in [-0.39, 0.29) is 0 Å². The molecule has 0 radical (unpaired) electrons. The molecule has 0 aliphatic heterocycles. The van der Waals surface area contributed by atoms with E-state index in [4.69, 9.17) is 28.2 Å². The van der Waals surface area contributed by atoms with Gasteiger partial charge in [0, 0.05) is 21.7 Å². The van der Waals surface area contributed by atoms with Crippen molar-refractivity contribution in [2.75, 3.05) is 0 Å². The molecule has 0 saturated heterocycles. The Balaban J connectivity index is 1.95. The van der Waals surface area contributed by atoms with Gasteiger partial charge in [-0.25, -0.2) is 4.98 Å². The van der Waals surface area contributed by atoms with Gasteiger partial charge in [0.15, 0.2) is 0 Å². The fraction of sp³-hybridized carbons (Fsp3) is 0.278. The monoisotopic (exact) mass is 330 g/mol. The SMILES string of the molecule is Clc1ccc(-c2nc3cc(Cl)ccc3n2C2CCCC2)cc1. The lowest BCUT2D eigenvalue weighted by Crippen LogP contribution is -2.06. The largest absolute Gasteiger partial charge is 0.321 e. The van der Waals surface area contributed by atoms with E-state index in [1.807, 2.05) is 36.4 Å². The van der Waals surface area contributed by atoms with Gasteiger partial charge in [-0.2, -0.15) is 0 Å². The third kappa shape index (κ3) is 2.41. The number of imidazole rings is 1. The van der Waals surface area contributed by atoms with Crippen molar-refractivity contribution in [2.24, 2.45) is 0 Å². The molecule has 2 aromatic carbocycles. The molecule has 1 saturated carbocycles. The Morgan fingerprint density at radius 3 is 2.32 bits per heavy atom. The van der Waals surface area contributed by atoms with Crippen molar-refractivity contribution in [2.45, 2.75) is 31.7 Å². The van der Waals surface area contributed by atoms with E-state index in [2.05, 4.69) is 10.6 Å². The van der Waals surface area contributed by atoms with Crippen LogP contribution in [0.1, 0.15) is 31.7 Å². The number of aromatic nitrogens is 2. The molecule has 0 N–H and O–H groups in total. The van der Waals surface area contributed by atoms with Crippen LogP contribution in [0.5, 0.6) is 0 Å². The zero-order valence-corrected chi connectivity index (χ0v) is 13.6. The zero-order valence-electron chi connectivity index (χ0n) is 12.1. The molecular formula is C18H16Cl2N2. The summed E-state index contributed by atoms with van der Waals surface area (Å²) in [6, 6.07) is 14.4. The minimum Gasteiger partial charge on any atom is -0.321 e. The average molecular weight is 331 g/mol. The Labute approximate surface area is 139 Å². The maximum atomic E-state index is 6.14. The van der Waals surface area contributed by atoms with Gasteiger partial charge >= 0.3 is 0 Å². The van der Waals surface area contributed by atoms with Gasteiger partial charge in [-0.3, -0.25) is 0 Å². The van der Waals surface area contributed by atoms with Crippen LogP contribution in [0.2, 0.25) is 10.0 Å². The molecule has 1 heterocycles. The highest BCUT2D eigenvalue weighted by atomic mass is 35.5. The lowest BCUT2D eigenvalue weighted by atomic mass is 10.1. The highest BCUT2D eigenvalue weighted by Gasteiger charge is 2.23. The molecule has 3 aromatic rings. The molecule has 1 fully saturated rings. The van der Waals surface area contributed by atoms with Gasteiger partial charge < -0.3 is 4.57 Å². The summed E-state index contributed by atoms with van der Waals surface area (Å²) in [6.45, 7) is 0. The van der Waals surface area contributed by atoms with Gasteiger partial charge in [0.1, 0.15) is 5.82 Å². The van der Waals surface area contributed by atoms with E-state index in [1.54, 1.807) is 0 Å². The minimum atomic E-state index is 0.525. The van der Waals surface area contributed by atoms with Crippen LogP contribution in [0.15, 0.2) is 42.5 Å². The van der Waals surface area contributed by atoms with Crippen LogP contribution in [0.4, 0.5) is 0 Å². The number of nitrogens with zero attached hydrogens (tertiary/aromatic N) is 2. The molecule has 0 amide bonds. The molecule has 22 heavy (non-hydrogen) atoms. The van der Waals surface area contributed by atoms with E-state index in [0.717, 1.165) is 26.9 Å². The van der Waals surface area contributed by atoms with Gasteiger partial charge in [0.25, 0.3) is 0 Å². The van der Waals surface area contributed by atoms with Crippen LogP contribution in [0, 0.1) is 0 Å². The van der Waals surface area contributed by atoms with E-state index >= 15 is 0 Å². The van der Waals surface area contributed by atoms with Gasteiger partial charge in [-0.15, -0.1) is 0 Å². The number of hydrogen-bond donors (Lipinski definition) is 0. The predicted molar refractivity (Wildman–Crippen MR) is 92.7 cm³/mol. The Kier molecular flexibility index (Phi) is 3.59. The second kappa shape index (κ2) is 5.60. The van der Waals surface area contributed by atoms with Gasteiger partial charge in [-0.05, 0) is 55.3 Å². The molecule has 4 heteroatoms. The van der Waals surface area contributed by atoms with Crippen molar-refractivity contribution in [3.63, 3.8) is 0 Å². The van der Waals surface area contributed by atoms with E-state index in [1.165, 1.54) is 31.2 Å². The third-order valence-electron chi connectivity index (χ3n) is 4.44. The molecule has 0 atom stereocenters. The first-order valence-electron chi connectivity index (χ1n) is 7.66. The minimum absolute atomic E-state index is 0.525. The van der Waals surface area contributed by atoms with Crippen molar-refractivity contribution >= 4 is 34.2 Å². The van der Waals surface area contributed by atoms with Crippen LogP contribution in [-0.2, 0) is 0 Å². The summed E-state index contributed by atoms with van der Waals surface area (Å²) < 4.78 is 2.39. The highest BCUT2D eigenvalue weighted by Crippen LogP contribution is 2.37. The van der Waals surface area contributed by atoms with Crippen LogP contribution in [0.25, 0.3) is 22.4 Å². The van der Waals surface area contributed by atoms with E-state index in [0.29, 0.717) is 6.04 Å². The summed E-state index contributed by atoms with van der Waals surface area (Å²) in [6.07, 6.45) is 5.01. The third-order valence-corrected chi connectivity index (χ3v) is 4.93. The standard InChI is InChI=1S/C18H16Cl2N2/c19-13-7-5-12(6-8-13)18-21-16-11-14(20)9-10-17(16)22(18)15-3-1-2-4-15/h5-11,15H,1-4H2.